The van der Waals surface area contributed by atoms with Crippen molar-refractivity contribution in [1.82, 2.24) is 4.98 Å². The van der Waals surface area contributed by atoms with Gasteiger partial charge >= 0.3 is 17.5 Å². The van der Waals surface area contributed by atoms with Crippen molar-refractivity contribution in [3.05, 3.63) is 50.2 Å². The summed E-state index contributed by atoms with van der Waals surface area (Å²) in [5, 5.41) is 15.1. The first-order valence-corrected chi connectivity index (χ1v) is 8.43. The van der Waals surface area contributed by atoms with Gasteiger partial charge in [-0.1, -0.05) is 0 Å². The van der Waals surface area contributed by atoms with E-state index in [1.165, 1.54) is 29.6 Å². The van der Waals surface area contributed by atoms with E-state index in [0.717, 1.165) is 11.3 Å². The van der Waals surface area contributed by atoms with Crippen LogP contribution in [-0.4, -0.2) is 28.4 Å². The molecule has 2 heterocycles. The summed E-state index contributed by atoms with van der Waals surface area (Å²) in [4.78, 5) is 49.6. The molecule has 0 fully saturated rings. The van der Waals surface area contributed by atoms with Gasteiger partial charge in [0.2, 0.25) is 0 Å². The van der Waals surface area contributed by atoms with E-state index in [0.29, 0.717) is 5.39 Å². The number of esters is 1. The number of carbonyl (C=O) groups is 2. The average Bonchev–Trinajstić information content (AvgIpc) is 3.09. The molecule has 3 aromatic rings. The Labute approximate surface area is 154 Å². The number of hydrogen-bond donors (Lipinski definition) is 1. The highest BCUT2D eigenvalue weighted by molar-refractivity contribution is 7.14. The maximum atomic E-state index is 12.2. The molecule has 0 unspecified atom stereocenters. The first-order valence-electron chi connectivity index (χ1n) is 7.55. The zero-order chi connectivity index (χ0) is 19.6. The Morgan fingerprint density at radius 1 is 1.37 bits per heavy atom. The van der Waals surface area contributed by atoms with Crippen molar-refractivity contribution in [3.63, 3.8) is 0 Å². The summed E-state index contributed by atoms with van der Waals surface area (Å²) >= 11 is 0.991. The Balaban J connectivity index is 1.93. The Bertz CT molecular complexity index is 1120. The Morgan fingerprint density at radius 3 is 2.85 bits per heavy atom. The Hall–Kier alpha value is -3.60. The van der Waals surface area contributed by atoms with Gasteiger partial charge in [-0.25, -0.2) is 14.6 Å². The van der Waals surface area contributed by atoms with E-state index in [1.807, 2.05) is 0 Å². The summed E-state index contributed by atoms with van der Waals surface area (Å²) < 4.78 is 9.74. The summed E-state index contributed by atoms with van der Waals surface area (Å²) in [5.74, 6) is -2.04. The standard InChI is InChI=1S/C16H11N3O7S/c1-2-25-15(22)13(20)18-16-17-11(7-27-16)10-6-8-5-9(19(23)24)3-4-12(8)26-14(10)21/h3-7H,2H2,1H3,(H,17,18,20). The molecule has 0 aliphatic carbocycles. The van der Waals surface area contributed by atoms with Gasteiger partial charge in [0.25, 0.3) is 5.69 Å². The minimum absolute atomic E-state index is 0.0552. The fourth-order valence-corrected chi connectivity index (χ4v) is 2.91. The lowest BCUT2D eigenvalue weighted by Crippen LogP contribution is -2.24. The van der Waals surface area contributed by atoms with Crippen molar-refractivity contribution in [3.8, 4) is 11.3 Å². The maximum Gasteiger partial charge on any atom is 0.397 e. The molecular formula is C16H11N3O7S. The third-order valence-corrected chi connectivity index (χ3v) is 4.15. The minimum Gasteiger partial charge on any atom is -0.459 e. The number of fused-ring (bicyclic) bond motifs is 1. The largest absolute Gasteiger partial charge is 0.459 e. The molecule has 11 heteroatoms. The molecule has 0 atom stereocenters. The molecule has 138 valence electrons. The minimum atomic E-state index is -1.05. The van der Waals surface area contributed by atoms with Gasteiger partial charge in [0, 0.05) is 22.9 Å². The molecule has 10 nitrogen and oxygen atoms in total. The summed E-state index contributed by atoms with van der Waals surface area (Å²) in [5.41, 5.74) is -0.384. The molecule has 27 heavy (non-hydrogen) atoms. The number of rotatable bonds is 4. The molecule has 0 spiro atoms. The van der Waals surface area contributed by atoms with E-state index in [2.05, 4.69) is 15.0 Å². The monoisotopic (exact) mass is 389 g/mol. The topological polar surface area (TPSA) is 142 Å². The van der Waals surface area contributed by atoms with Crippen LogP contribution in [0.5, 0.6) is 0 Å². The first-order chi connectivity index (χ1) is 12.9. The number of non-ortho nitro benzene ring substituents is 1. The zero-order valence-electron chi connectivity index (χ0n) is 13.8. The van der Waals surface area contributed by atoms with Gasteiger partial charge in [-0.05, 0) is 19.1 Å². The number of anilines is 1. The van der Waals surface area contributed by atoms with Crippen molar-refractivity contribution < 1.29 is 23.7 Å². The Morgan fingerprint density at radius 2 is 2.15 bits per heavy atom. The molecule has 1 N–H and O–H groups in total. The number of nitro benzene ring substituents is 1. The number of aromatic nitrogens is 1. The fourth-order valence-electron chi connectivity index (χ4n) is 2.20. The van der Waals surface area contributed by atoms with Crippen LogP contribution in [0.2, 0.25) is 0 Å². The molecule has 3 rings (SSSR count). The van der Waals surface area contributed by atoms with Gasteiger partial charge in [-0.3, -0.25) is 20.2 Å². The summed E-state index contributed by atoms with van der Waals surface area (Å²) in [7, 11) is 0. The van der Waals surface area contributed by atoms with E-state index in [9.17, 15) is 24.5 Å². The molecular weight excluding hydrogens is 378 g/mol. The number of nitrogens with zero attached hydrogens (tertiary/aromatic N) is 2. The van der Waals surface area contributed by atoms with Crippen molar-refractivity contribution in [2.45, 2.75) is 6.92 Å². The van der Waals surface area contributed by atoms with E-state index in [1.54, 1.807) is 6.92 Å². The van der Waals surface area contributed by atoms with Crippen molar-refractivity contribution in [2.75, 3.05) is 11.9 Å². The lowest BCUT2D eigenvalue weighted by Gasteiger charge is -2.01. The summed E-state index contributed by atoms with van der Waals surface area (Å²) in [6.07, 6.45) is 0. The van der Waals surface area contributed by atoms with Crippen LogP contribution >= 0.6 is 11.3 Å². The van der Waals surface area contributed by atoms with Crippen LogP contribution in [0.3, 0.4) is 0 Å². The van der Waals surface area contributed by atoms with Gasteiger partial charge in [0.15, 0.2) is 5.13 Å². The predicted octanol–water partition coefficient (Wildman–Crippen LogP) is 2.33. The SMILES string of the molecule is CCOC(=O)C(=O)Nc1nc(-c2cc3cc([N+](=O)[O-])ccc3oc2=O)cs1. The second kappa shape index (κ2) is 7.33. The van der Waals surface area contributed by atoms with Gasteiger partial charge in [0.1, 0.15) is 5.58 Å². The number of hydrogen-bond acceptors (Lipinski definition) is 9. The molecule has 0 aliphatic heterocycles. The highest BCUT2D eigenvalue weighted by atomic mass is 32.1. The number of nitrogens with one attached hydrogen (secondary N) is 1. The second-order valence-corrected chi connectivity index (χ2v) is 6.00. The first kappa shape index (κ1) is 18.2. The third kappa shape index (κ3) is 3.82. The quantitative estimate of drug-likeness (QED) is 0.235. The van der Waals surface area contributed by atoms with Crippen LogP contribution in [-0.2, 0) is 14.3 Å². The van der Waals surface area contributed by atoms with Gasteiger partial charge in [0.05, 0.1) is 22.8 Å². The molecule has 1 amide bonds. The van der Waals surface area contributed by atoms with Crippen molar-refractivity contribution in [2.24, 2.45) is 0 Å². The summed E-state index contributed by atoms with van der Waals surface area (Å²) in [6, 6.07) is 5.26. The second-order valence-electron chi connectivity index (χ2n) is 5.14. The van der Waals surface area contributed by atoms with Crippen LogP contribution in [0.25, 0.3) is 22.2 Å². The van der Waals surface area contributed by atoms with Crippen LogP contribution in [0.1, 0.15) is 6.92 Å². The Kier molecular flexibility index (Phi) is 4.94. The highest BCUT2D eigenvalue weighted by Gasteiger charge is 2.18. The number of ether oxygens (including phenoxy) is 1. The molecule has 2 aromatic heterocycles. The number of carbonyl (C=O) groups excluding carboxylic acids is 2. The smallest absolute Gasteiger partial charge is 0.397 e. The molecule has 0 saturated heterocycles. The maximum absolute atomic E-state index is 12.2. The zero-order valence-corrected chi connectivity index (χ0v) is 14.6. The van der Waals surface area contributed by atoms with Crippen molar-refractivity contribution >= 4 is 45.0 Å². The van der Waals surface area contributed by atoms with Gasteiger partial charge < -0.3 is 9.15 Å². The van der Waals surface area contributed by atoms with Crippen LogP contribution in [0.4, 0.5) is 10.8 Å². The highest BCUT2D eigenvalue weighted by Crippen LogP contribution is 2.27. The van der Waals surface area contributed by atoms with E-state index in [-0.39, 0.29) is 34.3 Å². The predicted molar refractivity (Wildman–Crippen MR) is 95.5 cm³/mol. The molecule has 0 saturated carbocycles. The normalized spacial score (nSPS) is 10.6. The van der Waals surface area contributed by atoms with E-state index >= 15 is 0 Å². The number of benzene rings is 1. The van der Waals surface area contributed by atoms with Crippen LogP contribution in [0, 0.1) is 10.1 Å². The number of thiazole rings is 1. The molecule has 0 radical (unpaired) electrons. The molecule has 0 aliphatic rings. The van der Waals surface area contributed by atoms with Crippen LogP contribution < -0.4 is 10.9 Å². The molecule has 0 bridgehead atoms. The fraction of sp³-hybridized carbons (Fsp3) is 0.125. The van der Waals surface area contributed by atoms with Gasteiger partial charge in [-0.2, -0.15) is 0 Å². The van der Waals surface area contributed by atoms with Crippen LogP contribution in [0.15, 0.2) is 38.9 Å². The average molecular weight is 389 g/mol. The number of amides is 1. The number of nitro groups is 1. The van der Waals surface area contributed by atoms with E-state index in [4.69, 9.17) is 4.42 Å². The van der Waals surface area contributed by atoms with Crippen molar-refractivity contribution in [1.29, 1.82) is 0 Å². The summed E-state index contributed by atoms with van der Waals surface area (Å²) in [6.45, 7) is 1.62. The third-order valence-electron chi connectivity index (χ3n) is 3.39. The lowest BCUT2D eigenvalue weighted by molar-refractivity contribution is -0.384. The van der Waals surface area contributed by atoms with Gasteiger partial charge in [-0.15, -0.1) is 11.3 Å². The lowest BCUT2D eigenvalue weighted by atomic mass is 10.1. The van der Waals surface area contributed by atoms with E-state index < -0.39 is 22.4 Å². The molecule has 1 aromatic carbocycles.